The summed E-state index contributed by atoms with van der Waals surface area (Å²) in [7, 11) is 6.68. The Kier molecular flexibility index (Phi) is 3.96. The molecule has 0 heterocycles. The lowest BCUT2D eigenvalue weighted by atomic mass is 9.91. The third-order valence-corrected chi connectivity index (χ3v) is 3.11. The molecule has 0 atom stereocenters. The number of hydrogen-bond acceptors (Lipinski definition) is 0. The Bertz CT molecular complexity index is 339. The van der Waals surface area contributed by atoms with Crippen molar-refractivity contribution in [1.82, 2.24) is 4.48 Å². The van der Waals surface area contributed by atoms with Crippen molar-refractivity contribution in [3.05, 3.63) is 29.3 Å². The molecule has 1 aliphatic rings. The summed E-state index contributed by atoms with van der Waals surface area (Å²) in [5.41, 5.74) is 4.58. The van der Waals surface area contributed by atoms with Crippen LogP contribution in [0, 0.1) is 0 Å². The van der Waals surface area contributed by atoms with Crippen LogP contribution in [0.4, 0.5) is 5.69 Å². The van der Waals surface area contributed by atoms with E-state index in [4.69, 9.17) is 0 Å². The van der Waals surface area contributed by atoms with Gasteiger partial charge in [-0.1, -0.05) is 6.07 Å². The molecule has 1 aromatic carbocycles. The Labute approximate surface area is 103 Å². The number of hydrogen-bond donors (Lipinski definition) is 0. The molecule has 0 N–H and O–H groups in total. The molecule has 2 heteroatoms. The second kappa shape index (κ2) is 4.67. The van der Waals surface area contributed by atoms with E-state index in [0.717, 1.165) is 4.48 Å². The third-order valence-electron chi connectivity index (χ3n) is 3.11. The largest absolute Gasteiger partial charge is 1.00 e. The van der Waals surface area contributed by atoms with E-state index in [0.29, 0.717) is 0 Å². The molecule has 0 amide bonds. The first-order chi connectivity index (χ1) is 6.57. The van der Waals surface area contributed by atoms with Crippen LogP contribution in [0.3, 0.4) is 0 Å². The minimum absolute atomic E-state index is 0. The van der Waals surface area contributed by atoms with Crippen molar-refractivity contribution in [2.24, 2.45) is 0 Å². The molecule has 84 valence electrons. The highest BCUT2D eigenvalue weighted by molar-refractivity contribution is 5.48. The smallest absolute Gasteiger partial charge is 0.132 e. The van der Waals surface area contributed by atoms with Crippen LogP contribution >= 0.6 is 0 Å². The Hall–Kier alpha value is -0.340. The van der Waals surface area contributed by atoms with Crippen molar-refractivity contribution >= 4 is 5.69 Å². The van der Waals surface area contributed by atoms with Gasteiger partial charge in [-0.25, -0.2) is 0 Å². The molecule has 1 aliphatic carbocycles. The van der Waals surface area contributed by atoms with Crippen LogP contribution < -0.4 is 21.5 Å². The van der Waals surface area contributed by atoms with E-state index in [1.54, 1.807) is 11.1 Å². The van der Waals surface area contributed by atoms with Gasteiger partial charge in [-0.3, -0.25) is 4.48 Å². The summed E-state index contributed by atoms with van der Waals surface area (Å²) in [6.07, 6.45) is 5.31. The van der Waals surface area contributed by atoms with Gasteiger partial charge in [0.05, 0.1) is 21.1 Å². The normalized spacial score (nSPS) is 15.4. The number of halogens is 1. The maximum absolute atomic E-state index is 2.40. The number of benzene rings is 1. The fraction of sp³-hybridized carbons (Fsp3) is 0.538. The summed E-state index contributed by atoms with van der Waals surface area (Å²) < 4.78 is 0.924. The molecule has 0 saturated heterocycles. The van der Waals surface area contributed by atoms with Gasteiger partial charge in [0.1, 0.15) is 5.69 Å². The maximum atomic E-state index is 2.40. The van der Waals surface area contributed by atoms with E-state index in [9.17, 15) is 0 Å². The van der Waals surface area contributed by atoms with E-state index < -0.39 is 0 Å². The first-order valence-electron chi connectivity index (χ1n) is 5.51. The Morgan fingerprint density at radius 1 is 0.933 bits per heavy atom. The van der Waals surface area contributed by atoms with Crippen LogP contribution in [-0.2, 0) is 12.8 Å². The van der Waals surface area contributed by atoms with Gasteiger partial charge in [-0.2, -0.15) is 0 Å². The third kappa shape index (κ3) is 2.82. The molecule has 0 aliphatic heterocycles. The lowest BCUT2D eigenvalue weighted by Crippen LogP contribution is -3.00. The highest BCUT2D eigenvalue weighted by atomic mass is 79.9. The number of nitrogens with zero attached hydrogens (tertiary/aromatic N) is 1. The predicted octanol–water partition coefficient (Wildman–Crippen LogP) is -0.234. The lowest BCUT2D eigenvalue weighted by molar-refractivity contribution is -0.00000318. The van der Waals surface area contributed by atoms with Crippen molar-refractivity contribution in [1.29, 1.82) is 0 Å². The fourth-order valence-corrected chi connectivity index (χ4v) is 2.14. The monoisotopic (exact) mass is 269 g/mol. The van der Waals surface area contributed by atoms with Gasteiger partial charge in [-0.15, -0.1) is 0 Å². The van der Waals surface area contributed by atoms with Crippen LogP contribution in [0.5, 0.6) is 0 Å². The molecule has 0 saturated carbocycles. The standard InChI is InChI=1S/C13H20N.BrH/c1-14(2,3)13-9-8-11-6-4-5-7-12(11)10-13;/h8-10H,4-7H2,1-3H3;1H/q+1;/p-1. The topological polar surface area (TPSA) is 0 Å². The zero-order valence-corrected chi connectivity index (χ0v) is 11.5. The summed E-state index contributed by atoms with van der Waals surface area (Å²) in [5.74, 6) is 0. The minimum Gasteiger partial charge on any atom is -1.00 e. The van der Waals surface area contributed by atoms with Crippen LogP contribution in [0.25, 0.3) is 0 Å². The van der Waals surface area contributed by atoms with Gasteiger partial charge in [0, 0.05) is 6.07 Å². The Morgan fingerprint density at radius 3 is 2.13 bits per heavy atom. The molecular weight excluding hydrogens is 250 g/mol. The van der Waals surface area contributed by atoms with E-state index in [2.05, 4.69) is 39.3 Å². The summed E-state index contributed by atoms with van der Waals surface area (Å²) in [6, 6.07) is 7.01. The molecule has 0 radical (unpaired) electrons. The maximum Gasteiger partial charge on any atom is 0.132 e. The lowest BCUT2D eigenvalue weighted by Gasteiger charge is -2.25. The van der Waals surface area contributed by atoms with Crippen molar-refractivity contribution in [3.8, 4) is 0 Å². The summed E-state index contributed by atoms with van der Waals surface area (Å²) in [6.45, 7) is 0. The molecule has 1 aromatic rings. The second-order valence-corrected chi connectivity index (χ2v) is 5.17. The number of aryl methyl sites for hydroxylation is 2. The molecule has 1 nitrogen and oxygen atoms in total. The van der Waals surface area contributed by atoms with Gasteiger partial charge in [0.25, 0.3) is 0 Å². The van der Waals surface area contributed by atoms with Crippen molar-refractivity contribution in [3.63, 3.8) is 0 Å². The van der Waals surface area contributed by atoms with Gasteiger partial charge in [-0.05, 0) is 42.9 Å². The highest BCUT2D eigenvalue weighted by Gasteiger charge is 2.16. The van der Waals surface area contributed by atoms with E-state index in [1.165, 1.54) is 31.4 Å². The molecule has 0 fully saturated rings. The Morgan fingerprint density at radius 2 is 1.53 bits per heavy atom. The zero-order chi connectivity index (χ0) is 10.2. The molecule has 0 spiro atoms. The number of fused-ring (bicyclic) bond motifs is 1. The van der Waals surface area contributed by atoms with Crippen molar-refractivity contribution in [2.45, 2.75) is 25.7 Å². The molecular formula is C13H20BrN. The van der Waals surface area contributed by atoms with Crippen LogP contribution in [0.15, 0.2) is 18.2 Å². The van der Waals surface area contributed by atoms with Gasteiger partial charge >= 0.3 is 0 Å². The molecule has 0 unspecified atom stereocenters. The quantitative estimate of drug-likeness (QED) is 0.618. The predicted molar refractivity (Wildman–Crippen MR) is 62.7 cm³/mol. The summed E-state index contributed by atoms with van der Waals surface area (Å²) in [5, 5.41) is 0. The summed E-state index contributed by atoms with van der Waals surface area (Å²) in [4.78, 5) is 0. The van der Waals surface area contributed by atoms with Gasteiger partial charge in [0.2, 0.25) is 0 Å². The van der Waals surface area contributed by atoms with Crippen molar-refractivity contribution in [2.75, 3.05) is 21.1 Å². The zero-order valence-electron chi connectivity index (χ0n) is 9.89. The second-order valence-electron chi connectivity index (χ2n) is 5.17. The average molecular weight is 270 g/mol. The minimum atomic E-state index is 0. The summed E-state index contributed by atoms with van der Waals surface area (Å²) >= 11 is 0. The Balaban J connectivity index is 0.00000112. The van der Waals surface area contributed by atoms with Gasteiger partial charge < -0.3 is 17.0 Å². The van der Waals surface area contributed by atoms with Crippen molar-refractivity contribution < 1.29 is 17.0 Å². The van der Waals surface area contributed by atoms with Crippen LogP contribution in [0.2, 0.25) is 0 Å². The number of quaternary nitrogens is 1. The molecule has 15 heavy (non-hydrogen) atoms. The van der Waals surface area contributed by atoms with Crippen LogP contribution in [0.1, 0.15) is 24.0 Å². The van der Waals surface area contributed by atoms with Crippen LogP contribution in [-0.4, -0.2) is 21.1 Å². The fourth-order valence-electron chi connectivity index (χ4n) is 2.14. The van der Waals surface area contributed by atoms with E-state index >= 15 is 0 Å². The first-order valence-corrected chi connectivity index (χ1v) is 5.51. The molecule has 0 bridgehead atoms. The highest BCUT2D eigenvalue weighted by Crippen LogP contribution is 2.26. The SMILES string of the molecule is C[N+](C)(C)c1ccc2c(c1)CCCC2.[Br-]. The first kappa shape index (κ1) is 12.7. The number of rotatable bonds is 1. The van der Waals surface area contributed by atoms with Gasteiger partial charge in [0.15, 0.2) is 0 Å². The molecule has 2 rings (SSSR count). The molecule has 0 aromatic heterocycles. The van der Waals surface area contributed by atoms with E-state index in [-0.39, 0.29) is 17.0 Å². The van der Waals surface area contributed by atoms with E-state index in [1.807, 2.05) is 0 Å². The average Bonchev–Trinajstić information content (AvgIpc) is 2.16.